The third kappa shape index (κ3) is 6.01. The van der Waals surface area contributed by atoms with Crippen molar-refractivity contribution in [2.24, 2.45) is 4.99 Å². The zero-order valence-electron chi connectivity index (χ0n) is 16.9. The fraction of sp³-hybridized carbons (Fsp3) is 0.318. The fourth-order valence-corrected chi connectivity index (χ4v) is 3.24. The maximum Gasteiger partial charge on any atom is 0.261 e. The highest BCUT2D eigenvalue weighted by atomic mass is 127. The van der Waals surface area contributed by atoms with Crippen molar-refractivity contribution in [3.63, 3.8) is 0 Å². The molecule has 0 radical (unpaired) electrons. The number of imide groups is 1. The molecular weight excluding hydrogens is 498 g/mol. The van der Waals surface area contributed by atoms with Crippen LogP contribution in [0.1, 0.15) is 39.1 Å². The van der Waals surface area contributed by atoms with E-state index in [9.17, 15) is 14.0 Å². The van der Waals surface area contributed by atoms with Gasteiger partial charge in [-0.15, -0.1) is 24.0 Å². The Balaban J connectivity index is 0.00000320. The van der Waals surface area contributed by atoms with E-state index in [-0.39, 0.29) is 41.6 Å². The van der Waals surface area contributed by atoms with E-state index in [0.717, 1.165) is 18.4 Å². The lowest BCUT2D eigenvalue weighted by atomic mass is 10.1. The van der Waals surface area contributed by atoms with Crippen molar-refractivity contribution >= 4 is 41.8 Å². The lowest BCUT2D eigenvalue weighted by Crippen LogP contribution is -2.39. The van der Waals surface area contributed by atoms with Crippen LogP contribution in [0.3, 0.4) is 0 Å². The lowest BCUT2D eigenvalue weighted by molar-refractivity contribution is 0.0652. The van der Waals surface area contributed by atoms with Crippen LogP contribution in [0.15, 0.2) is 53.5 Å². The van der Waals surface area contributed by atoms with Gasteiger partial charge in [-0.3, -0.25) is 19.5 Å². The number of hydrogen-bond acceptors (Lipinski definition) is 3. The van der Waals surface area contributed by atoms with Crippen LogP contribution in [-0.4, -0.2) is 49.4 Å². The van der Waals surface area contributed by atoms with Gasteiger partial charge in [0.05, 0.1) is 11.1 Å². The highest BCUT2D eigenvalue weighted by Crippen LogP contribution is 2.22. The Morgan fingerprint density at radius 2 is 1.53 bits per heavy atom. The van der Waals surface area contributed by atoms with Crippen molar-refractivity contribution in [2.75, 3.05) is 26.7 Å². The van der Waals surface area contributed by atoms with E-state index in [4.69, 9.17) is 0 Å². The normalized spacial score (nSPS) is 13.1. The minimum Gasteiger partial charge on any atom is -0.356 e. The van der Waals surface area contributed by atoms with Crippen LogP contribution in [0.2, 0.25) is 0 Å². The van der Waals surface area contributed by atoms with Gasteiger partial charge < -0.3 is 10.6 Å². The number of nitrogens with one attached hydrogen (secondary N) is 2. The minimum absolute atomic E-state index is 0. The summed E-state index contributed by atoms with van der Waals surface area (Å²) in [5.41, 5.74) is 2.03. The molecule has 0 bridgehead atoms. The predicted molar refractivity (Wildman–Crippen MR) is 126 cm³/mol. The third-order valence-electron chi connectivity index (χ3n) is 4.82. The monoisotopic (exact) mass is 524 g/mol. The third-order valence-corrected chi connectivity index (χ3v) is 4.82. The van der Waals surface area contributed by atoms with E-state index >= 15 is 0 Å². The van der Waals surface area contributed by atoms with E-state index in [1.165, 1.54) is 17.0 Å². The van der Waals surface area contributed by atoms with Gasteiger partial charge >= 0.3 is 0 Å². The van der Waals surface area contributed by atoms with Crippen molar-refractivity contribution in [3.05, 3.63) is 71.0 Å². The van der Waals surface area contributed by atoms with Crippen molar-refractivity contribution in [1.29, 1.82) is 0 Å². The van der Waals surface area contributed by atoms with Crippen LogP contribution in [-0.2, 0) is 6.42 Å². The van der Waals surface area contributed by atoms with Crippen LogP contribution in [0.4, 0.5) is 4.39 Å². The molecule has 6 nitrogen and oxygen atoms in total. The second-order valence-electron chi connectivity index (χ2n) is 6.82. The second kappa shape index (κ2) is 11.6. The van der Waals surface area contributed by atoms with Crippen molar-refractivity contribution in [1.82, 2.24) is 15.5 Å². The number of guanidine groups is 1. The number of rotatable bonds is 8. The Morgan fingerprint density at radius 3 is 2.13 bits per heavy atom. The Morgan fingerprint density at radius 1 is 0.933 bits per heavy atom. The molecule has 3 rings (SSSR count). The molecule has 2 aromatic carbocycles. The smallest absolute Gasteiger partial charge is 0.261 e. The Hall–Kier alpha value is -2.49. The van der Waals surface area contributed by atoms with Crippen LogP contribution >= 0.6 is 24.0 Å². The molecule has 0 aliphatic carbocycles. The molecule has 0 unspecified atom stereocenters. The maximum absolute atomic E-state index is 12.9. The number of halogens is 2. The quantitative estimate of drug-likeness (QED) is 0.183. The van der Waals surface area contributed by atoms with E-state index in [1.807, 2.05) is 0 Å². The molecule has 8 heteroatoms. The molecule has 2 aromatic rings. The topological polar surface area (TPSA) is 73.8 Å². The van der Waals surface area contributed by atoms with E-state index in [0.29, 0.717) is 43.1 Å². The van der Waals surface area contributed by atoms with Gasteiger partial charge in [0.15, 0.2) is 5.96 Å². The molecule has 0 aromatic heterocycles. The summed E-state index contributed by atoms with van der Waals surface area (Å²) in [6.07, 6.45) is 2.28. The minimum atomic E-state index is -0.236. The van der Waals surface area contributed by atoms with Gasteiger partial charge in [-0.05, 0) is 49.1 Å². The van der Waals surface area contributed by atoms with Gasteiger partial charge in [0.25, 0.3) is 11.8 Å². The number of nitrogens with zero attached hydrogens (tertiary/aromatic N) is 2. The zero-order valence-corrected chi connectivity index (χ0v) is 19.2. The Kier molecular flexibility index (Phi) is 9.22. The molecule has 0 saturated heterocycles. The number of unbranched alkanes of at least 4 members (excludes halogenated alkanes) is 1. The van der Waals surface area contributed by atoms with Gasteiger partial charge in [0, 0.05) is 26.7 Å². The lowest BCUT2D eigenvalue weighted by Gasteiger charge is -2.15. The first-order chi connectivity index (χ1) is 14.1. The summed E-state index contributed by atoms with van der Waals surface area (Å²) in [4.78, 5) is 30.1. The molecule has 0 spiro atoms. The SMILES string of the molecule is CN=C(NCCCCN1C(=O)c2ccccc2C1=O)NCCc1ccc(F)cc1.I. The molecule has 2 amide bonds. The summed E-state index contributed by atoms with van der Waals surface area (Å²) in [5, 5.41) is 6.44. The predicted octanol–water partition coefficient (Wildman–Crippen LogP) is 3.23. The summed E-state index contributed by atoms with van der Waals surface area (Å²) in [6, 6.07) is 13.4. The number of hydrogen-bond donors (Lipinski definition) is 2. The van der Waals surface area contributed by atoms with Crippen LogP contribution < -0.4 is 10.6 Å². The number of fused-ring (bicyclic) bond motifs is 1. The summed E-state index contributed by atoms with van der Waals surface area (Å²) in [5.74, 6) is 0.0295. The standard InChI is InChI=1S/C22H25FN4O2.HI/c1-24-22(26-14-12-16-8-10-17(23)11-9-16)25-13-4-5-15-27-20(28)18-6-2-3-7-19(18)21(27)29;/h2-3,6-11H,4-5,12-15H2,1H3,(H2,24,25,26);1H. The second-order valence-corrected chi connectivity index (χ2v) is 6.82. The number of aliphatic imine (C=N–C) groups is 1. The van der Waals surface area contributed by atoms with Crippen LogP contribution in [0, 0.1) is 5.82 Å². The van der Waals surface area contributed by atoms with Crippen molar-refractivity contribution in [3.8, 4) is 0 Å². The molecule has 1 aliphatic heterocycles. The molecule has 30 heavy (non-hydrogen) atoms. The molecule has 1 aliphatic rings. The van der Waals surface area contributed by atoms with Crippen LogP contribution in [0.25, 0.3) is 0 Å². The molecule has 1 heterocycles. The summed E-state index contributed by atoms with van der Waals surface area (Å²) in [7, 11) is 1.70. The highest BCUT2D eigenvalue weighted by Gasteiger charge is 2.34. The number of carbonyl (C=O) groups is 2. The van der Waals surface area contributed by atoms with Crippen LogP contribution in [0.5, 0.6) is 0 Å². The average Bonchev–Trinajstić information content (AvgIpc) is 2.98. The highest BCUT2D eigenvalue weighted by molar-refractivity contribution is 14.0. The van der Waals surface area contributed by atoms with Crippen molar-refractivity contribution in [2.45, 2.75) is 19.3 Å². The summed E-state index contributed by atoms with van der Waals surface area (Å²) < 4.78 is 12.9. The van der Waals surface area contributed by atoms with Crippen molar-refractivity contribution < 1.29 is 14.0 Å². The first-order valence-corrected chi connectivity index (χ1v) is 9.74. The number of carbonyl (C=O) groups excluding carboxylic acids is 2. The van der Waals surface area contributed by atoms with E-state index in [2.05, 4.69) is 15.6 Å². The fourth-order valence-electron chi connectivity index (χ4n) is 3.24. The molecule has 2 N–H and O–H groups in total. The van der Waals surface area contributed by atoms with E-state index < -0.39 is 0 Å². The van der Waals surface area contributed by atoms with Gasteiger partial charge in [-0.25, -0.2) is 4.39 Å². The molecule has 0 fully saturated rings. The first-order valence-electron chi connectivity index (χ1n) is 9.74. The summed E-state index contributed by atoms with van der Waals surface area (Å²) >= 11 is 0. The van der Waals surface area contributed by atoms with E-state index in [1.54, 1.807) is 43.4 Å². The zero-order chi connectivity index (χ0) is 20.6. The average molecular weight is 524 g/mol. The van der Waals surface area contributed by atoms with Gasteiger partial charge in [0.1, 0.15) is 5.82 Å². The molecular formula is C22H26FIN4O2. The Labute approximate surface area is 193 Å². The van der Waals surface area contributed by atoms with Gasteiger partial charge in [0.2, 0.25) is 0 Å². The van der Waals surface area contributed by atoms with Gasteiger partial charge in [-0.2, -0.15) is 0 Å². The van der Waals surface area contributed by atoms with Gasteiger partial charge in [-0.1, -0.05) is 24.3 Å². The molecule has 0 saturated carbocycles. The largest absolute Gasteiger partial charge is 0.356 e. The molecule has 160 valence electrons. The maximum atomic E-state index is 12.9. The summed E-state index contributed by atoms with van der Waals surface area (Å²) in [6.45, 7) is 1.77. The number of amides is 2. The number of benzene rings is 2. The molecule has 0 atom stereocenters. The Bertz CT molecular complexity index is 867. The first kappa shape index (κ1) is 23.8.